The number of para-hydroxylation sites is 6. The van der Waals surface area contributed by atoms with Gasteiger partial charge in [0.2, 0.25) is 0 Å². The van der Waals surface area contributed by atoms with Crippen molar-refractivity contribution in [2.45, 2.75) is 117 Å². The molecule has 141 heavy (non-hydrogen) atoms. The minimum atomic E-state index is -0.729. The minimum Gasteiger partial charge on any atom is -0.505 e. The Kier molecular flexibility index (Phi) is 28.5. The van der Waals surface area contributed by atoms with Gasteiger partial charge in [-0.2, -0.15) is 0 Å². The number of aromatic nitrogens is 5. The fraction of sp³-hybridized carbons (Fsp3) is 0.111. The van der Waals surface area contributed by atoms with Gasteiger partial charge in [0.25, 0.3) is 27.8 Å². The molecule has 0 saturated heterocycles. The second kappa shape index (κ2) is 41.4. The van der Waals surface area contributed by atoms with E-state index in [1.165, 1.54) is 23.4 Å². The summed E-state index contributed by atoms with van der Waals surface area (Å²) in [5.74, 6) is -0.710. The first-order valence-corrected chi connectivity index (χ1v) is 48.3. The normalized spacial score (nSPS) is 11.3. The van der Waals surface area contributed by atoms with Crippen LogP contribution in [0.5, 0.6) is 40.2 Å². The topological polar surface area (TPSA) is 381 Å². The number of hydrogen-bond donors (Lipinski definition) is 5. The zero-order valence-electron chi connectivity index (χ0n) is 76.1. The van der Waals surface area contributed by atoms with Gasteiger partial charge in [-0.05, 0) is 193 Å². The van der Waals surface area contributed by atoms with Crippen LogP contribution < -0.4 is 65.4 Å². The van der Waals surface area contributed by atoms with Gasteiger partial charge in [0, 0.05) is 83.4 Å². The van der Waals surface area contributed by atoms with E-state index in [1.54, 1.807) is 171 Å². The van der Waals surface area contributed by atoms with E-state index < -0.39 is 50.7 Å². The maximum absolute atomic E-state index is 13.6. The Morgan fingerprint density at radius 2 is 0.610 bits per heavy atom. The average Bonchev–Trinajstić information content (AvgIpc) is 0.751. The molecule has 0 fully saturated rings. The number of nitrogens with zero attached hydrogens (tertiary/aromatic N) is 5. The van der Waals surface area contributed by atoms with Gasteiger partial charge in [-0.1, -0.05) is 203 Å². The number of fused-ring (bicyclic) bond motifs is 15. The highest BCUT2D eigenvalue weighted by molar-refractivity contribution is 8.00. The quantitative estimate of drug-likeness (QED) is 0.0529. The van der Waals surface area contributed by atoms with E-state index in [0.717, 1.165) is 84.6 Å². The Balaban J connectivity index is 0.000000122. The number of hydrogen-bond acceptors (Lipinski definition) is 27. The lowest BCUT2D eigenvalue weighted by molar-refractivity contribution is 0.404. The van der Waals surface area contributed by atoms with Crippen LogP contribution in [0.3, 0.4) is 0 Å². The molecule has 0 atom stereocenters. The van der Waals surface area contributed by atoms with Gasteiger partial charge in [-0.25, -0.2) is 24.0 Å². The molecule has 21 rings (SSSR count). The third-order valence-electron chi connectivity index (χ3n) is 23.0. The van der Waals surface area contributed by atoms with Crippen molar-refractivity contribution in [3.05, 3.63) is 393 Å². The summed E-state index contributed by atoms with van der Waals surface area (Å²) in [6.07, 6.45) is 0. The van der Waals surface area contributed by atoms with Crippen molar-refractivity contribution in [3.8, 4) is 45.9 Å². The zero-order valence-corrected chi connectivity index (χ0v) is 81.0. The van der Waals surface area contributed by atoms with Crippen LogP contribution in [0.2, 0.25) is 5.02 Å². The molecule has 0 spiro atoms. The highest BCUT2D eigenvalue weighted by Crippen LogP contribution is 2.45. The van der Waals surface area contributed by atoms with E-state index >= 15 is 0 Å². The maximum atomic E-state index is 13.6. The van der Waals surface area contributed by atoms with Crippen molar-refractivity contribution < 1.29 is 57.1 Å². The molecule has 10 aromatic heterocycles. The third-order valence-corrected chi connectivity index (χ3v) is 28.6. The summed E-state index contributed by atoms with van der Waals surface area (Å²) >= 11 is 11.2. The molecule has 21 aromatic rings. The largest absolute Gasteiger partial charge is 0.505 e. The first kappa shape index (κ1) is 96.8. The number of methoxy groups -OCH3 is 2. The molecule has 33 heteroatoms. The number of halogens is 1. The van der Waals surface area contributed by atoms with Gasteiger partial charge in [-0.15, -0.1) is 0 Å². The molecule has 10 heterocycles. The first-order valence-electron chi connectivity index (χ1n) is 43.9. The van der Waals surface area contributed by atoms with Gasteiger partial charge in [0.1, 0.15) is 62.9 Å². The van der Waals surface area contributed by atoms with Crippen LogP contribution in [0.15, 0.2) is 392 Å². The highest BCUT2D eigenvalue weighted by Gasteiger charge is 2.30. The highest BCUT2D eigenvalue weighted by atomic mass is 35.5. The van der Waals surface area contributed by atoms with Crippen LogP contribution in [-0.4, -0.2) is 62.6 Å². The summed E-state index contributed by atoms with van der Waals surface area (Å²) in [6, 6.07) is 81.1. The van der Waals surface area contributed by atoms with Crippen LogP contribution in [0.25, 0.3) is 115 Å². The molecule has 11 aromatic carbocycles. The number of aryl methyl sites for hydroxylation is 6. The SMILES string of the molecule is CCn1c(=O)c2c(O)c(Sc3ccc(C)cc3)c(=O)oc2c2ccccc21.CCn1c(=O)c2c(O)c(Sc3ccc(Cl)cc3)c(=O)oc2c2cc(OC)ccc21.CCn1c(=O)c2c(O)c(Sc3cccc(C)c3)c(=O)oc2c2ccccc21.CCn1c(=O)c2c(O)c(Sc3ccccc3)c(=O)oc2c2ccccc21.COc1ccccc1Sc1c(O)c2c(=O)n(-c3ccccc3)c3ccccc3c2oc1=O. The number of aromatic hydroxyl groups is 5. The molecule has 0 saturated carbocycles. The van der Waals surface area contributed by atoms with Crippen LogP contribution in [0.4, 0.5) is 0 Å². The summed E-state index contributed by atoms with van der Waals surface area (Å²) < 4.78 is 46.0. The maximum Gasteiger partial charge on any atom is 0.354 e. The summed E-state index contributed by atoms with van der Waals surface area (Å²) in [4.78, 5) is 132. The average molecular weight is 2000 g/mol. The molecule has 0 radical (unpaired) electrons. The number of ether oxygens (including phenoxy) is 2. The number of pyridine rings is 5. The molecule has 0 unspecified atom stereocenters. The predicted molar refractivity (Wildman–Crippen MR) is 554 cm³/mol. The summed E-state index contributed by atoms with van der Waals surface area (Å²) in [7, 11) is 3.04. The molecule has 27 nitrogen and oxygen atoms in total. The van der Waals surface area contributed by atoms with E-state index in [4.69, 9.17) is 43.2 Å². The standard InChI is InChI=1S/C25H17NO5S.C21H16ClNO5S.2C21H17NO4S.C20H15NO4S/c1-30-18-13-7-8-14-19(18)32-23-21(27)20-22(31-25(23)29)16-11-5-6-12-17(16)26(24(20)28)15-9-3-2-4-10-15;1-3-23-15-9-6-12(27-2)10-14(15)18-16(20(23)25)17(24)19(21(26)28-18)29-13-7-4-11(22)5-8-13;1-3-22-15-10-5-4-9-14(15)18-16(20(22)24)17(23)19(21(25)26-18)27-13-8-6-7-12(2)11-13;1-3-22-15-7-5-4-6-14(15)18-16(20(22)24)17(23)19(21(25)26-18)27-13-10-8-12(2)9-11-13;1-2-21-14-11-7-6-10-13(14)17-15(19(21)23)16(22)18(20(24)25-17)26-12-8-4-3-5-9-12/h2-14,27H,1H3;4-10,24H,3H2,1-2H3;2*4-11,23H,3H2,1-2H3;3-11,22H,2H2,1H3. The Labute approximate surface area is 823 Å². The monoisotopic (exact) mass is 2000 g/mol. The Hall–Kier alpha value is -15.8. The summed E-state index contributed by atoms with van der Waals surface area (Å²) in [6.45, 7) is 13.0. The number of benzene rings is 11. The molecule has 0 aliphatic heterocycles. The first-order chi connectivity index (χ1) is 68.2. The van der Waals surface area contributed by atoms with Crippen LogP contribution >= 0.6 is 70.4 Å². The second-order valence-electron chi connectivity index (χ2n) is 31.5. The Morgan fingerprint density at radius 1 is 0.291 bits per heavy atom. The van der Waals surface area contributed by atoms with E-state index in [2.05, 4.69) is 0 Å². The second-order valence-corrected chi connectivity index (χ2v) is 37.4. The third kappa shape index (κ3) is 18.8. The van der Waals surface area contributed by atoms with Gasteiger partial charge < -0.3 is 75.4 Å². The molecule has 708 valence electrons. The summed E-state index contributed by atoms with van der Waals surface area (Å²) in [5.41, 5.74) is 0.894. The smallest absolute Gasteiger partial charge is 0.354 e. The lowest BCUT2D eigenvalue weighted by Crippen LogP contribution is -2.21. The van der Waals surface area contributed by atoms with Crippen molar-refractivity contribution in [2.75, 3.05) is 14.2 Å². The van der Waals surface area contributed by atoms with Gasteiger partial charge in [-0.3, -0.25) is 28.5 Å². The van der Waals surface area contributed by atoms with Crippen LogP contribution in [0, 0.1) is 13.8 Å². The van der Waals surface area contributed by atoms with Crippen molar-refractivity contribution in [3.63, 3.8) is 0 Å². The van der Waals surface area contributed by atoms with E-state index in [-0.39, 0.29) is 113 Å². The number of rotatable bonds is 17. The van der Waals surface area contributed by atoms with Crippen LogP contribution in [-0.2, 0) is 26.2 Å². The molecule has 0 aliphatic rings. The predicted octanol–water partition coefficient (Wildman–Crippen LogP) is 22.2. The van der Waals surface area contributed by atoms with Crippen molar-refractivity contribution >= 4 is 180 Å². The fourth-order valence-electron chi connectivity index (χ4n) is 16.4. The molecule has 0 bridgehead atoms. The Bertz CT molecular complexity index is 9240. The van der Waals surface area contributed by atoms with Gasteiger partial charge in [0.05, 0.1) is 46.7 Å². The van der Waals surface area contributed by atoms with Crippen molar-refractivity contribution in [1.82, 2.24) is 22.8 Å². The van der Waals surface area contributed by atoms with Crippen LogP contribution in [0.1, 0.15) is 38.8 Å². The molecule has 5 N–H and O–H groups in total. The Morgan fingerprint density at radius 3 is 1.01 bits per heavy atom. The zero-order chi connectivity index (χ0) is 99.5. The minimum absolute atomic E-state index is 0.0127. The van der Waals surface area contributed by atoms with Crippen molar-refractivity contribution in [1.29, 1.82) is 0 Å². The van der Waals surface area contributed by atoms with E-state index in [1.807, 2.05) is 157 Å². The van der Waals surface area contributed by atoms with Crippen molar-refractivity contribution in [2.24, 2.45) is 0 Å². The lowest BCUT2D eigenvalue weighted by atomic mass is 10.1. The molecular weight excluding hydrogens is 1910 g/mol. The lowest BCUT2D eigenvalue weighted by Gasteiger charge is -2.14. The van der Waals surface area contributed by atoms with Gasteiger partial charge >= 0.3 is 28.1 Å². The molecule has 0 amide bonds. The summed E-state index contributed by atoms with van der Waals surface area (Å²) in [5, 5.41) is 57.9. The molecular formula is C108H82ClN5O22S5. The fourth-order valence-corrected chi connectivity index (χ4v) is 20.9. The molecule has 0 aliphatic carbocycles. The van der Waals surface area contributed by atoms with E-state index in [9.17, 15) is 73.5 Å². The van der Waals surface area contributed by atoms with Gasteiger partial charge in [0.15, 0.2) is 56.7 Å². The van der Waals surface area contributed by atoms with E-state index in [0.29, 0.717) is 113 Å².